The van der Waals surface area contributed by atoms with Crippen molar-refractivity contribution in [2.24, 2.45) is 5.92 Å². The van der Waals surface area contributed by atoms with Crippen LogP contribution in [0.4, 0.5) is 0 Å². The molecule has 2 aliphatic rings. The average molecular weight is 380 g/mol. The zero-order valence-electron chi connectivity index (χ0n) is 16.2. The van der Waals surface area contributed by atoms with E-state index < -0.39 is 0 Å². The Morgan fingerprint density at radius 3 is 2.75 bits per heavy atom. The van der Waals surface area contributed by atoms with Crippen LogP contribution in [0.5, 0.6) is 0 Å². The van der Waals surface area contributed by atoms with E-state index in [1.165, 1.54) is 0 Å². The number of hydrogen-bond acceptors (Lipinski definition) is 3. The molecule has 1 unspecified atom stereocenters. The molecule has 2 aromatic rings. The summed E-state index contributed by atoms with van der Waals surface area (Å²) in [7, 11) is 0. The highest BCUT2D eigenvalue weighted by molar-refractivity contribution is 5.93. The number of carbonyl (C=O) groups is 2. The van der Waals surface area contributed by atoms with Crippen LogP contribution in [-0.4, -0.2) is 45.6 Å². The van der Waals surface area contributed by atoms with E-state index in [1.54, 1.807) is 6.20 Å². The van der Waals surface area contributed by atoms with Crippen molar-refractivity contribution in [2.75, 3.05) is 13.1 Å². The van der Waals surface area contributed by atoms with Crippen molar-refractivity contribution in [3.05, 3.63) is 53.9 Å². The number of benzene rings is 1. The predicted octanol–water partition coefficient (Wildman–Crippen LogP) is 2.84. The predicted molar refractivity (Wildman–Crippen MR) is 107 cm³/mol. The zero-order valence-corrected chi connectivity index (χ0v) is 16.2. The summed E-state index contributed by atoms with van der Waals surface area (Å²) in [5.74, 6) is 0.613. The molecule has 1 atom stereocenters. The largest absolute Gasteiger partial charge is 0.353 e. The zero-order chi connectivity index (χ0) is 19.3. The standard InChI is InChI=1S/C22H28N4O2/c27-21(24-20-9-10-20)11-8-18-7-4-12-25(14-18)22(28)19-13-23-26(16-19)15-17-5-2-1-3-6-17/h1-3,5-6,13,16,18,20H,4,7-12,14-15H2,(H,24,27). The van der Waals surface area contributed by atoms with E-state index in [2.05, 4.69) is 22.5 Å². The van der Waals surface area contributed by atoms with Gasteiger partial charge >= 0.3 is 0 Å². The first-order chi connectivity index (χ1) is 13.7. The van der Waals surface area contributed by atoms with Crippen molar-refractivity contribution in [1.29, 1.82) is 0 Å². The normalized spacial score (nSPS) is 19.4. The fraction of sp³-hybridized carbons (Fsp3) is 0.500. The minimum absolute atomic E-state index is 0.0476. The number of likely N-dealkylation sites (tertiary alicyclic amines) is 1. The van der Waals surface area contributed by atoms with Crippen molar-refractivity contribution in [2.45, 2.75) is 51.1 Å². The molecule has 6 heteroatoms. The third kappa shape index (κ3) is 5.00. The van der Waals surface area contributed by atoms with Gasteiger partial charge in [0.25, 0.3) is 5.91 Å². The molecule has 4 rings (SSSR count). The van der Waals surface area contributed by atoms with Crippen molar-refractivity contribution in [3.63, 3.8) is 0 Å². The van der Waals surface area contributed by atoms with Crippen LogP contribution < -0.4 is 5.32 Å². The Hall–Kier alpha value is -2.63. The molecule has 1 saturated heterocycles. The summed E-state index contributed by atoms with van der Waals surface area (Å²) in [6, 6.07) is 10.5. The third-order valence-electron chi connectivity index (χ3n) is 5.60. The minimum Gasteiger partial charge on any atom is -0.353 e. The van der Waals surface area contributed by atoms with E-state index in [1.807, 2.05) is 34.0 Å². The lowest BCUT2D eigenvalue weighted by molar-refractivity contribution is -0.121. The quantitative estimate of drug-likeness (QED) is 0.803. The van der Waals surface area contributed by atoms with Gasteiger partial charge in [0.2, 0.25) is 5.91 Å². The summed E-state index contributed by atoms with van der Waals surface area (Å²) < 4.78 is 1.81. The van der Waals surface area contributed by atoms with Gasteiger partial charge in [-0.15, -0.1) is 0 Å². The molecule has 28 heavy (non-hydrogen) atoms. The van der Waals surface area contributed by atoms with Crippen LogP contribution in [0, 0.1) is 5.92 Å². The smallest absolute Gasteiger partial charge is 0.257 e. The maximum Gasteiger partial charge on any atom is 0.257 e. The van der Waals surface area contributed by atoms with Gasteiger partial charge in [0.15, 0.2) is 0 Å². The van der Waals surface area contributed by atoms with Crippen molar-refractivity contribution < 1.29 is 9.59 Å². The van der Waals surface area contributed by atoms with Crippen LogP contribution in [0.15, 0.2) is 42.7 Å². The second-order valence-electron chi connectivity index (χ2n) is 8.05. The molecule has 1 aliphatic carbocycles. The lowest BCUT2D eigenvalue weighted by Crippen LogP contribution is -2.40. The van der Waals surface area contributed by atoms with Crippen LogP contribution in [0.3, 0.4) is 0 Å². The number of piperidine rings is 1. The molecule has 2 heterocycles. The summed E-state index contributed by atoms with van der Waals surface area (Å²) in [6.07, 6.45) is 9.26. The molecule has 1 aromatic carbocycles. The molecule has 6 nitrogen and oxygen atoms in total. The number of hydrogen-bond donors (Lipinski definition) is 1. The number of rotatable bonds is 7. The molecule has 1 aliphatic heterocycles. The maximum absolute atomic E-state index is 12.9. The Balaban J connectivity index is 1.29. The summed E-state index contributed by atoms with van der Waals surface area (Å²) in [5, 5.41) is 7.40. The number of amides is 2. The van der Waals surface area contributed by atoms with E-state index in [0.29, 0.717) is 30.5 Å². The highest BCUT2D eigenvalue weighted by Crippen LogP contribution is 2.23. The molecular formula is C22H28N4O2. The first-order valence-corrected chi connectivity index (χ1v) is 10.3. The van der Waals surface area contributed by atoms with E-state index in [4.69, 9.17) is 0 Å². The van der Waals surface area contributed by atoms with Crippen molar-refractivity contribution >= 4 is 11.8 Å². The van der Waals surface area contributed by atoms with Gasteiger partial charge in [-0.25, -0.2) is 0 Å². The van der Waals surface area contributed by atoms with Crippen LogP contribution in [0.1, 0.15) is 54.4 Å². The Bertz CT molecular complexity index is 813. The lowest BCUT2D eigenvalue weighted by Gasteiger charge is -2.32. The first-order valence-electron chi connectivity index (χ1n) is 10.3. The molecule has 2 fully saturated rings. The number of aromatic nitrogens is 2. The van der Waals surface area contributed by atoms with Gasteiger partial charge in [0, 0.05) is 31.7 Å². The maximum atomic E-state index is 12.9. The van der Waals surface area contributed by atoms with E-state index >= 15 is 0 Å². The Kier molecular flexibility index (Phi) is 5.74. The molecular weight excluding hydrogens is 352 g/mol. The third-order valence-corrected chi connectivity index (χ3v) is 5.60. The van der Waals surface area contributed by atoms with Gasteiger partial charge in [-0.05, 0) is 43.6 Å². The molecule has 0 radical (unpaired) electrons. The second kappa shape index (κ2) is 8.59. The van der Waals surface area contributed by atoms with Gasteiger partial charge in [-0.1, -0.05) is 30.3 Å². The van der Waals surface area contributed by atoms with Gasteiger partial charge in [-0.3, -0.25) is 14.3 Å². The molecule has 1 aromatic heterocycles. The summed E-state index contributed by atoms with van der Waals surface area (Å²) in [6.45, 7) is 2.18. The van der Waals surface area contributed by atoms with Gasteiger partial charge in [0.1, 0.15) is 0 Å². The second-order valence-corrected chi connectivity index (χ2v) is 8.05. The fourth-order valence-electron chi connectivity index (χ4n) is 3.86. The Morgan fingerprint density at radius 1 is 1.14 bits per heavy atom. The van der Waals surface area contributed by atoms with Gasteiger partial charge < -0.3 is 10.2 Å². The van der Waals surface area contributed by atoms with Gasteiger partial charge in [-0.2, -0.15) is 5.10 Å². The number of carbonyl (C=O) groups excluding carboxylic acids is 2. The van der Waals surface area contributed by atoms with Crippen LogP contribution in [0.25, 0.3) is 0 Å². The highest BCUT2D eigenvalue weighted by Gasteiger charge is 2.27. The molecule has 1 N–H and O–H groups in total. The number of nitrogens with zero attached hydrogens (tertiary/aromatic N) is 3. The van der Waals surface area contributed by atoms with Crippen molar-refractivity contribution in [1.82, 2.24) is 20.0 Å². The van der Waals surface area contributed by atoms with E-state index in [9.17, 15) is 9.59 Å². The summed E-state index contributed by atoms with van der Waals surface area (Å²) in [4.78, 5) is 26.7. The minimum atomic E-state index is 0.0476. The molecule has 148 valence electrons. The Morgan fingerprint density at radius 2 is 1.96 bits per heavy atom. The van der Waals surface area contributed by atoms with Crippen molar-refractivity contribution in [3.8, 4) is 0 Å². The SMILES string of the molecule is O=C(CCC1CCCN(C(=O)c2cnn(Cc3ccccc3)c2)C1)NC1CC1. The lowest BCUT2D eigenvalue weighted by atomic mass is 9.93. The number of nitrogens with one attached hydrogen (secondary N) is 1. The van der Waals surface area contributed by atoms with Crippen LogP contribution in [-0.2, 0) is 11.3 Å². The summed E-state index contributed by atoms with van der Waals surface area (Å²) in [5.41, 5.74) is 1.80. The molecule has 1 saturated carbocycles. The monoisotopic (exact) mass is 380 g/mol. The average Bonchev–Trinajstić information content (AvgIpc) is 3.41. The van der Waals surface area contributed by atoms with E-state index in [0.717, 1.165) is 50.8 Å². The molecule has 0 spiro atoms. The fourth-order valence-corrected chi connectivity index (χ4v) is 3.86. The van der Waals surface area contributed by atoms with E-state index in [-0.39, 0.29) is 11.8 Å². The topological polar surface area (TPSA) is 67.2 Å². The van der Waals surface area contributed by atoms with Crippen LogP contribution >= 0.6 is 0 Å². The molecule has 0 bridgehead atoms. The first kappa shape index (κ1) is 18.7. The molecule has 2 amide bonds. The highest BCUT2D eigenvalue weighted by atomic mass is 16.2. The van der Waals surface area contributed by atoms with Gasteiger partial charge in [0.05, 0.1) is 18.3 Å². The van der Waals surface area contributed by atoms with Crippen LogP contribution in [0.2, 0.25) is 0 Å². The summed E-state index contributed by atoms with van der Waals surface area (Å²) >= 11 is 0. The Labute approximate surface area is 165 Å².